The van der Waals surface area contributed by atoms with Gasteiger partial charge in [0.05, 0.1) is 0 Å². The third-order valence-electron chi connectivity index (χ3n) is 2.94. The highest BCUT2D eigenvalue weighted by Crippen LogP contribution is 2.22. The third kappa shape index (κ3) is 3.11. The summed E-state index contributed by atoms with van der Waals surface area (Å²) in [6.45, 7) is 5.39. The number of rotatable bonds is 3. The molecule has 2 N–H and O–H groups in total. The van der Waals surface area contributed by atoms with Crippen LogP contribution in [0.15, 0.2) is 18.2 Å². The first kappa shape index (κ1) is 11.7. The molecule has 2 rings (SSSR count). The molecule has 1 fully saturated rings. The van der Waals surface area contributed by atoms with Gasteiger partial charge in [0, 0.05) is 37.7 Å². The average molecular weight is 241 g/mol. The molecular formula is C12H17ClN2O. The lowest BCUT2D eigenvalue weighted by atomic mass is 10.1. The van der Waals surface area contributed by atoms with Gasteiger partial charge in [0.1, 0.15) is 5.75 Å². The summed E-state index contributed by atoms with van der Waals surface area (Å²) >= 11 is 6.06. The van der Waals surface area contributed by atoms with Crippen LogP contribution in [0.1, 0.15) is 5.56 Å². The van der Waals surface area contributed by atoms with Gasteiger partial charge in [-0.25, -0.2) is 0 Å². The lowest BCUT2D eigenvalue weighted by Gasteiger charge is -2.27. The molecule has 1 heterocycles. The SMILES string of the molecule is Oc1ccc(CCN2CCNCC2)c(Cl)c1. The zero-order valence-corrected chi connectivity index (χ0v) is 10.0. The van der Waals surface area contributed by atoms with Crippen LogP contribution in [0.3, 0.4) is 0 Å². The highest BCUT2D eigenvalue weighted by Gasteiger charge is 2.10. The fraction of sp³-hybridized carbons (Fsp3) is 0.500. The molecule has 88 valence electrons. The van der Waals surface area contributed by atoms with E-state index in [0.29, 0.717) is 5.02 Å². The summed E-state index contributed by atoms with van der Waals surface area (Å²) in [5.41, 5.74) is 1.11. The predicted octanol–water partition coefficient (Wildman–Crippen LogP) is 1.49. The molecule has 1 aromatic carbocycles. The largest absolute Gasteiger partial charge is 0.508 e. The van der Waals surface area contributed by atoms with E-state index in [-0.39, 0.29) is 5.75 Å². The van der Waals surface area contributed by atoms with Gasteiger partial charge in [0.2, 0.25) is 0 Å². The van der Waals surface area contributed by atoms with Gasteiger partial charge in [0.15, 0.2) is 0 Å². The van der Waals surface area contributed by atoms with E-state index in [0.717, 1.165) is 44.7 Å². The molecule has 0 aliphatic carbocycles. The summed E-state index contributed by atoms with van der Waals surface area (Å²) < 4.78 is 0. The minimum absolute atomic E-state index is 0.232. The average Bonchev–Trinajstić information content (AvgIpc) is 2.29. The van der Waals surface area contributed by atoms with Crippen LogP contribution in [-0.2, 0) is 6.42 Å². The summed E-state index contributed by atoms with van der Waals surface area (Å²) in [7, 11) is 0. The first-order chi connectivity index (χ1) is 7.75. The zero-order chi connectivity index (χ0) is 11.4. The number of nitrogens with zero attached hydrogens (tertiary/aromatic N) is 1. The molecule has 0 atom stereocenters. The number of benzene rings is 1. The van der Waals surface area contributed by atoms with Crippen molar-refractivity contribution in [3.63, 3.8) is 0 Å². The van der Waals surface area contributed by atoms with Crippen molar-refractivity contribution in [2.75, 3.05) is 32.7 Å². The molecule has 1 saturated heterocycles. The van der Waals surface area contributed by atoms with Gasteiger partial charge >= 0.3 is 0 Å². The van der Waals surface area contributed by atoms with Crippen molar-refractivity contribution in [3.05, 3.63) is 28.8 Å². The van der Waals surface area contributed by atoms with Crippen molar-refractivity contribution in [1.29, 1.82) is 0 Å². The first-order valence-corrected chi connectivity index (χ1v) is 6.04. The highest BCUT2D eigenvalue weighted by molar-refractivity contribution is 6.31. The summed E-state index contributed by atoms with van der Waals surface area (Å²) in [5, 5.41) is 13.2. The van der Waals surface area contributed by atoms with Gasteiger partial charge in [-0.05, 0) is 24.1 Å². The van der Waals surface area contributed by atoms with Crippen molar-refractivity contribution >= 4 is 11.6 Å². The van der Waals surface area contributed by atoms with Crippen LogP contribution in [-0.4, -0.2) is 42.7 Å². The van der Waals surface area contributed by atoms with Crippen molar-refractivity contribution in [2.45, 2.75) is 6.42 Å². The molecule has 1 aromatic rings. The van der Waals surface area contributed by atoms with Crippen LogP contribution in [0.4, 0.5) is 0 Å². The second-order valence-electron chi connectivity index (χ2n) is 4.12. The van der Waals surface area contributed by atoms with Crippen molar-refractivity contribution < 1.29 is 5.11 Å². The minimum atomic E-state index is 0.232. The molecule has 1 aliphatic rings. The summed E-state index contributed by atoms with van der Waals surface area (Å²) in [4.78, 5) is 2.43. The molecule has 3 nitrogen and oxygen atoms in total. The molecule has 0 unspecified atom stereocenters. The summed E-state index contributed by atoms with van der Waals surface area (Å²) in [5.74, 6) is 0.232. The monoisotopic (exact) mass is 240 g/mol. The zero-order valence-electron chi connectivity index (χ0n) is 9.25. The van der Waals surface area contributed by atoms with Crippen LogP contribution >= 0.6 is 11.6 Å². The molecule has 4 heteroatoms. The second kappa shape index (κ2) is 5.53. The predicted molar refractivity (Wildman–Crippen MR) is 66.1 cm³/mol. The smallest absolute Gasteiger partial charge is 0.117 e. The first-order valence-electron chi connectivity index (χ1n) is 5.66. The van der Waals surface area contributed by atoms with E-state index in [1.54, 1.807) is 12.1 Å². The van der Waals surface area contributed by atoms with E-state index >= 15 is 0 Å². The number of phenolic OH excluding ortho intramolecular Hbond substituents is 1. The Bertz CT molecular complexity index is 351. The number of hydrogen-bond donors (Lipinski definition) is 2. The Balaban J connectivity index is 1.88. The highest BCUT2D eigenvalue weighted by atomic mass is 35.5. The van der Waals surface area contributed by atoms with Crippen LogP contribution in [0, 0.1) is 0 Å². The fourth-order valence-electron chi connectivity index (χ4n) is 1.95. The van der Waals surface area contributed by atoms with Crippen LogP contribution < -0.4 is 5.32 Å². The lowest BCUT2D eigenvalue weighted by Crippen LogP contribution is -2.44. The Labute approximate surface area is 101 Å². The second-order valence-corrected chi connectivity index (χ2v) is 4.52. The Morgan fingerprint density at radius 2 is 2.06 bits per heavy atom. The van der Waals surface area contributed by atoms with Gasteiger partial charge < -0.3 is 15.3 Å². The Morgan fingerprint density at radius 3 is 2.75 bits per heavy atom. The summed E-state index contributed by atoms with van der Waals surface area (Å²) in [6, 6.07) is 5.20. The fourth-order valence-corrected chi connectivity index (χ4v) is 2.22. The van der Waals surface area contributed by atoms with E-state index < -0.39 is 0 Å². The van der Waals surface area contributed by atoms with Crippen molar-refractivity contribution in [2.24, 2.45) is 0 Å². The van der Waals surface area contributed by atoms with Gasteiger partial charge in [-0.2, -0.15) is 0 Å². The molecule has 0 aromatic heterocycles. The minimum Gasteiger partial charge on any atom is -0.508 e. The van der Waals surface area contributed by atoms with Crippen LogP contribution in [0.2, 0.25) is 5.02 Å². The van der Waals surface area contributed by atoms with Crippen molar-refractivity contribution in [3.8, 4) is 5.75 Å². The Morgan fingerprint density at radius 1 is 1.31 bits per heavy atom. The van der Waals surface area contributed by atoms with Gasteiger partial charge in [0.25, 0.3) is 0 Å². The molecule has 0 saturated carbocycles. The Hall–Kier alpha value is -0.770. The maximum Gasteiger partial charge on any atom is 0.117 e. The molecule has 0 spiro atoms. The Kier molecular flexibility index (Phi) is 4.04. The number of halogens is 1. The number of piperazine rings is 1. The normalized spacial score (nSPS) is 17.6. The quantitative estimate of drug-likeness (QED) is 0.841. The van der Waals surface area contributed by atoms with E-state index in [1.807, 2.05) is 6.07 Å². The van der Waals surface area contributed by atoms with Gasteiger partial charge in [-0.15, -0.1) is 0 Å². The molecular weight excluding hydrogens is 224 g/mol. The van der Waals surface area contributed by atoms with Crippen LogP contribution in [0.5, 0.6) is 5.75 Å². The lowest BCUT2D eigenvalue weighted by molar-refractivity contribution is 0.244. The molecule has 1 aliphatic heterocycles. The van der Waals surface area contributed by atoms with E-state index in [1.165, 1.54) is 0 Å². The number of nitrogens with one attached hydrogen (secondary N) is 1. The van der Waals surface area contributed by atoms with E-state index in [2.05, 4.69) is 10.2 Å². The third-order valence-corrected chi connectivity index (χ3v) is 3.30. The standard InChI is InChI=1S/C12H17ClN2O/c13-12-9-11(16)2-1-10(12)3-6-15-7-4-14-5-8-15/h1-2,9,14,16H,3-8H2. The number of hydrogen-bond acceptors (Lipinski definition) is 3. The molecule has 0 amide bonds. The summed E-state index contributed by atoms with van der Waals surface area (Å²) in [6.07, 6.45) is 0.944. The molecule has 0 bridgehead atoms. The van der Waals surface area contributed by atoms with Gasteiger partial charge in [-0.3, -0.25) is 0 Å². The van der Waals surface area contributed by atoms with E-state index in [9.17, 15) is 5.11 Å². The number of phenols is 1. The number of aromatic hydroxyl groups is 1. The van der Waals surface area contributed by atoms with Crippen molar-refractivity contribution in [1.82, 2.24) is 10.2 Å². The molecule has 0 radical (unpaired) electrons. The maximum absolute atomic E-state index is 9.25. The van der Waals surface area contributed by atoms with Crippen LogP contribution in [0.25, 0.3) is 0 Å². The van der Waals surface area contributed by atoms with Gasteiger partial charge in [-0.1, -0.05) is 17.7 Å². The maximum atomic E-state index is 9.25. The van der Waals surface area contributed by atoms with E-state index in [4.69, 9.17) is 11.6 Å². The molecule has 16 heavy (non-hydrogen) atoms. The topological polar surface area (TPSA) is 35.5 Å².